The maximum Gasteiger partial charge on any atom is 0.104 e. The first kappa shape index (κ1) is 14.1. The van der Waals surface area contributed by atoms with Crippen molar-refractivity contribution in [2.45, 2.75) is 26.4 Å². The molecule has 0 bridgehead atoms. The van der Waals surface area contributed by atoms with Gasteiger partial charge in [-0.05, 0) is 41.2 Å². The molecule has 1 N–H and O–H groups in total. The number of hydrogen-bond acceptors (Lipinski definition) is 1. The molecule has 0 aliphatic rings. The number of aliphatic hydroxyl groups excluding tert-OH is 1. The minimum absolute atomic E-state index is 0.592. The highest BCUT2D eigenvalue weighted by Crippen LogP contribution is 2.24. The molecule has 2 aromatic rings. The van der Waals surface area contributed by atoms with Crippen molar-refractivity contribution in [1.82, 2.24) is 0 Å². The van der Waals surface area contributed by atoms with Crippen LogP contribution in [0.5, 0.6) is 0 Å². The summed E-state index contributed by atoms with van der Waals surface area (Å²) in [6, 6.07) is 15.5. The van der Waals surface area contributed by atoms with Crippen LogP contribution in [0, 0.1) is 5.92 Å². The maximum atomic E-state index is 10.3. The lowest BCUT2D eigenvalue weighted by Crippen LogP contribution is -2.00. The van der Waals surface area contributed by atoms with Crippen molar-refractivity contribution < 1.29 is 5.11 Å². The molecule has 0 amide bonds. The average molecular weight is 275 g/mol. The molecule has 0 aromatic heterocycles. The van der Waals surface area contributed by atoms with Gasteiger partial charge < -0.3 is 5.11 Å². The van der Waals surface area contributed by atoms with E-state index in [0.717, 1.165) is 17.5 Å². The lowest BCUT2D eigenvalue weighted by molar-refractivity contribution is 0.220. The van der Waals surface area contributed by atoms with Crippen LogP contribution in [0.4, 0.5) is 0 Å². The van der Waals surface area contributed by atoms with Gasteiger partial charge in [-0.15, -0.1) is 0 Å². The van der Waals surface area contributed by atoms with E-state index in [-0.39, 0.29) is 0 Å². The molecule has 0 radical (unpaired) electrons. The molecular formula is C17H19ClO. The molecule has 1 atom stereocenters. The van der Waals surface area contributed by atoms with Gasteiger partial charge in [0.1, 0.15) is 6.10 Å². The van der Waals surface area contributed by atoms with E-state index >= 15 is 0 Å². The van der Waals surface area contributed by atoms with E-state index in [1.165, 1.54) is 5.56 Å². The Kier molecular flexibility index (Phi) is 4.62. The van der Waals surface area contributed by atoms with Gasteiger partial charge >= 0.3 is 0 Å². The third kappa shape index (κ3) is 3.82. The molecule has 0 fully saturated rings. The normalized spacial score (nSPS) is 12.7. The van der Waals surface area contributed by atoms with Gasteiger partial charge in [0.2, 0.25) is 0 Å². The first-order chi connectivity index (χ1) is 9.06. The van der Waals surface area contributed by atoms with Crippen molar-refractivity contribution in [3.63, 3.8) is 0 Å². The fraction of sp³-hybridized carbons (Fsp3) is 0.294. The Morgan fingerprint density at radius 3 is 1.84 bits per heavy atom. The second-order valence-electron chi connectivity index (χ2n) is 5.29. The van der Waals surface area contributed by atoms with E-state index < -0.39 is 6.10 Å². The Balaban J connectivity index is 2.15. The molecule has 2 aromatic carbocycles. The van der Waals surface area contributed by atoms with E-state index in [2.05, 4.69) is 26.0 Å². The summed E-state index contributed by atoms with van der Waals surface area (Å²) in [5.74, 6) is 0.645. The largest absolute Gasteiger partial charge is 0.384 e. The molecule has 0 saturated heterocycles. The van der Waals surface area contributed by atoms with Gasteiger partial charge in [0.25, 0.3) is 0 Å². The molecule has 19 heavy (non-hydrogen) atoms. The van der Waals surface area contributed by atoms with Gasteiger partial charge in [0.15, 0.2) is 0 Å². The fourth-order valence-electron chi connectivity index (χ4n) is 2.14. The third-order valence-electron chi connectivity index (χ3n) is 3.13. The fourth-order valence-corrected chi connectivity index (χ4v) is 2.27. The molecule has 0 heterocycles. The zero-order chi connectivity index (χ0) is 13.8. The van der Waals surface area contributed by atoms with E-state index in [1.54, 1.807) is 12.1 Å². The van der Waals surface area contributed by atoms with Gasteiger partial charge in [-0.3, -0.25) is 0 Å². The van der Waals surface area contributed by atoms with Crippen LogP contribution in [-0.4, -0.2) is 5.11 Å². The number of benzene rings is 2. The van der Waals surface area contributed by atoms with Crippen LogP contribution in [-0.2, 0) is 6.42 Å². The first-order valence-electron chi connectivity index (χ1n) is 6.58. The smallest absolute Gasteiger partial charge is 0.104 e. The molecule has 0 aliphatic carbocycles. The summed E-state index contributed by atoms with van der Waals surface area (Å²) >= 11 is 5.85. The summed E-state index contributed by atoms with van der Waals surface area (Å²) in [4.78, 5) is 0. The molecule has 2 heteroatoms. The summed E-state index contributed by atoms with van der Waals surface area (Å²) in [6.45, 7) is 4.41. The van der Waals surface area contributed by atoms with Gasteiger partial charge in [-0.1, -0.05) is 61.8 Å². The van der Waals surface area contributed by atoms with E-state index in [4.69, 9.17) is 11.6 Å². The minimum Gasteiger partial charge on any atom is -0.384 e. The molecule has 1 unspecified atom stereocenters. The second kappa shape index (κ2) is 6.23. The van der Waals surface area contributed by atoms with E-state index in [9.17, 15) is 5.11 Å². The molecular weight excluding hydrogens is 256 g/mol. The van der Waals surface area contributed by atoms with Crippen LogP contribution in [0.3, 0.4) is 0 Å². The molecule has 0 saturated carbocycles. The van der Waals surface area contributed by atoms with Crippen molar-refractivity contribution >= 4 is 11.6 Å². The molecule has 0 spiro atoms. The average Bonchev–Trinajstić information content (AvgIpc) is 2.39. The summed E-state index contributed by atoms with van der Waals surface area (Å²) in [5.41, 5.74) is 3.08. The van der Waals surface area contributed by atoms with Crippen molar-refractivity contribution in [3.05, 3.63) is 70.2 Å². The summed E-state index contributed by atoms with van der Waals surface area (Å²) in [6.07, 6.45) is 0.475. The number of rotatable bonds is 4. The zero-order valence-electron chi connectivity index (χ0n) is 11.3. The van der Waals surface area contributed by atoms with Gasteiger partial charge in [0, 0.05) is 5.02 Å². The highest BCUT2D eigenvalue weighted by atomic mass is 35.5. The lowest BCUT2D eigenvalue weighted by atomic mass is 9.97. The number of hydrogen-bond donors (Lipinski definition) is 1. The molecule has 100 valence electrons. The lowest BCUT2D eigenvalue weighted by Gasteiger charge is -2.13. The standard InChI is InChI=1S/C17H19ClO/c1-12(2)11-13-3-5-14(6-4-13)17(19)15-7-9-16(18)10-8-15/h3-10,12,17,19H,11H2,1-2H3. The Labute approximate surface area is 119 Å². The quantitative estimate of drug-likeness (QED) is 0.862. The Morgan fingerprint density at radius 2 is 1.37 bits per heavy atom. The van der Waals surface area contributed by atoms with E-state index in [1.807, 2.05) is 24.3 Å². The number of aliphatic hydroxyl groups is 1. The van der Waals surface area contributed by atoms with Crippen molar-refractivity contribution in [2.75, 3.05) is 0 Å². The highest BCUT2D eigenvalue weighted by molar-refractivity contribution is 6.30. The second-order valence-corrected chi connectivity index (χ2v) is 5.73. The monoisotopic (exact) mass is 274 g/mol. The Hall–Kier alpha value is -1.31. The van der Waals surface area contributed by atoms with E-state index in [0.29, 0.717) is 10.9 Å². The minimum atomic E-state index is -0.592. The highest BCUT2D eigenvalue weighted by Gasteiger charge is 2.10. The molecule has 1 nitrogen and oxygen atoms in total. The van der Waals surface area contributed by atoms with Crippen LogP contribution in [0.25, 0.3) is 0 Å². The van der Waals surface area contributed by atoms with Gasteiger partial charge in [-0.2, -0.15) is 0 Å². The van der Waals surface area contributed by atoms with Crippen molar-refractivity contribution in [2.24, 2.45) is 5.92 Å². The van der Waals surface area contributed by atoms with Crippen LogP contribution in [0.15, 0.2) is 48.5 Å². The number of halogens is 1. The van der Waals surface area contributed by atoms with Gasteiger partial charge in [0.05, 0.1) is 0 Å². The molecule has 0 aliphatic heterocycles. The maximum absolute atomic E-state index is 10.3. The third-order valence-corrected chi connectivity index (χ3v) is 3.38. The predicted octanol–water partition coefficient (Wildman–Crippen LogP) is 4.62. The van der Waals surface area contributed by atoms with Crippen molar-refractivity contribution in [1.29, 1.82) is 0 Å². The summed E-state index contributed by atoms with van der Waals surface area (Å²) < 4.78 is 0. The zero-order valence-corrected chi connectivity index (χ0v) is 12.1. The predicted molar refractivity (Wildman–Crippen MR) is 80.5 cm³/mol. The van der Waals surface area contributed by atoms with Crippen LogP contribution in [0.2, 0.25) is 5.02 Å². The van der Waals surface area contributed by atoms with Gasteiger partial charge in [-0.25, -0.2) is 0 Å². The summed E-state index contributed by atoms with van der Waals surface area (Å²) in [5, 5.41) is 11.0. The van der Waals surface area contributed by atoms with Crippen LogP contribution >= 0.6 is 11.6 Å². The van der Waals surface area contributed by atoms with Crippen molar-refractivity contribution in [3.8, 4) is 0 Å². The Bertz CT molecular complexity index is 514. The van der Waals surface area contributed by atoms with Crippen LogP contribution in [0.1, 0.15) is 36.6 Å². The SMILES string of the molecule is CC(C)Cc1ccc(C(O)c2ccc(Cl)cc2)cc1. The first-order valence-corrected chi connectivity index (χ1v) is 6.96. The summed E-state index contributed by atoms with van der Waals surface area (Å²) in [7, 11) is 0. The van der Waals surface area contributed by atoms with Crippen LogP contribution < -0.4 is 0 Å². The molecule has 2 rings (SSSR count). The topological polar surface area (TPSA) is 20.2 Å². The Morgan fingerprint density at radius 1 is 0.895 bits per heavy atom.